The molecule has 8 nitrogen and oxygen atoms in total. The van der Waals surface area contributed by atoms with E-state index in [4.69, 9.17) is 21.1 Å². The van der Waals surface area contributed by atoms with Gasteiger partial charge in [-0.05, 0) is 54.4 Å². The van der Waals surface area contributed by atoms with Crippen LogP contribution in [-0.2, 0) is 16.0 Å². The van der Waals surface area contributed by atoms with Gasteiger partial charge in [0.05, 0.1) is 19.9 Å². The first-order valence-corrected chi connectivity index (χ1v) is 11.5. The van der Waals surface area contributed by atoms with Crippen molar-refractivity contribution in [2.75, 3.05) is 29.8 Å². The maximum absolute atomic E-state index is 13.1. The Morgan fingerprint density at radius 3 is 2.33 bits per heavy atom. The summed E-state index contributed by atoms with van der Waals surface area (Å²) in [6, 6.07) is 18.8. The molecule has 3 aromatic rings. The molecule has 0 fully saturated rings. The highest BCUT2D eigenvalue weighted by atomic mass is 35.5. The summed E-state index contributed by atoms with van der Waals surface area (Å²) in [4.78, 5) is 39.6. The number of nitrogens with zero attached hydrogens (tertiary/aromatic N) is 1. The number of para-hydroxylation sites is 1. The average molecular weight is 506 g/mol. The van der Waals surface area contributed by atoms with Gasteiger partial charge in [0, 0.05) is 23.0 Å². The fourth-order valence-electron chi connectivity index (χ4n) is 3.79. The lowest BCUT2D eigenvalue weighted by molar-refractivity contribution is -0.120. The van der Waals surface area contributed by atoms with Crippen molar-refractivity contribution in [3.05, 3.63) is 88.6 Å². The van der Waals surface area contributed by atoms with Gasteiger partial charge in [-0.1, -0.05) is 36.7 Å². The Kier molecular flexibility index (Phi) is 7.26. The first-order valence-electron chi connectivity index (χ1n) is 11.1. The lowest BCUT2D eigenvalue weighted by Gasteiger charge is -2.18. The zero-order valence-electron chi connectivity index (χ0n) is 19.9. The molecule has 1 heterocycles. The summed E-state index contributed by atoms with van der Waals surface area (Å²) < 4.78 is 10.5. The molecule has 184 valence electrons. The highest BCUT2D eigenvalue weighted by Crippen LogP contribution is 2.37. The SMILES string of the molecule is CCc1ccccc1NC(=O)c1ccc(NC2=C(Cl)C(=O)N(c3ccc(OC)cc3OC)C2=O)cc1. The van der Waals surface area contributed by atoms with E-state index >= 15 is 0 Å². The van der Waals surface area contributed by atoms with Crippen molar-refractivity contribution in [1.29, 1.82) is 0 Å². The zero-order chi connectivity index (χ0) is 25.8. The number of amides is 3. The lowest BCUT2D eigenvalue weighted by Crippen LogP contribution is -2.32. The molecule has 0 atom stereocenters. The van der Waals surface area contributed by atoms with Crippen LogP contribution in [0.3, 0.4) is 0 Å². The molecule has 1 aliphatic heterocycles. The number of halogens is 1. The number of ether oxygens (including phenoxy) is 2. The Balaban J connectivity index is 1.51. The predicted octanol–water partition coefficient (Wildman–Crippen LogP) is 4.95. The molecular formula is C27H24ClN3O5. The number of hydrogen-bond acceptors (Lipinski definition) is 6. The predicted molar refractivity (Wildman–Crippen MR) is 139 cm³/mol. The van der Waals surface area contributed by atoms with Gasteiger partial charge in [0.25, 0.3) is 17.7 Å². The highest BCUT2D eigenvalue weighted by molar-refractivity contribution is 6.53. The minimum atomic E-state index is -0.682. The standard InChI is InChI=1S/C27H24ClN3O5/c1-4-16-7-5-6-8-20(16)30-25(32)17-9-11-18(12-10-17)29-24-23(28)26(33)31(27(24)34)21-14-13-19(35-2)15-22(21)36-3/h5-15,29H,4H2,1-3H3,(H,30,32). The maximum atomic E-state index is 13.1. The molecule has 0 saturated heterocycles. The Morgan fingerprint density at radius 1 is 0.944 bits per heavy atom. The van der Waals surface area contributed by atoms with Crippen molar-refractivity contribution < 1.29 is 23.9 Å². The molecule has 1 aliphatic rings. The molecule has 0 saturated carbocycles. The van der Waals surface area contributed by atoms with Crippen LogP contribution < -0.4 is 25.0 Å². The number of methoxy groups -OCH3 is 2. The minimum absolute atomic E-state index is 0.0754. The average Bonchev–Trinajstić information content (AvgIpc) is 3.11. The topological polar surface area (TPSA) is 97.0 Å². The molecular weight excluding hydrogens is 482 g/mol. The Morgan fingerprint density at radius 2 is 1.67 bits per heavy atom. The number of carbonyl (C=O) groups is 3. The van der Waals surface area contributed by atoms with Crippen LogP contribution in [0.5, 0.6) is 11.5 Å². The number of rotatable bonds is 8. The van der Waals surface area contributed by atoms with Crippen molar-refractivity contribution in [1.82, 2.24) is 0 Å². The van der Waals surface area contributed by atoms with Crippen molar-refractivity contribution in [3.8, 4) is 11.5 Å². The normalized spacial score (nSPS) is 13.2. The summed E-state index contributed by atoms with van der Waals surface area (Å²) in [7, 11) is 2.93. The quantitative estimate of drug-likeness (QED) is 0.420. The van der Waals surface area contributed by atoms with Crippen molar-refractivity contribution in [2.24, 2.45) is 0 Å². The Labute approximate surface area is 213 Å². The van der Waals surface area contributed by atoms with Gasteiger partial charge < -0.3 is 20.1 Å². The number of aryl methyl sites for hydroxylation is 1. The van der Waals surface area contributed by atoms with Crippen molar-refractivity contribution in [2.45, 2.75) is 13.3 Å². The molecule has 2 N–H and O–H groups in total. The second kappa shape index (κ2) is 10.5. The number of carbonyl (C=O) groups excluding carboxylic acids is 3. The third kappa shape index (κ3) is 4.76. The number of anilines is 3. The van der Waals surface area contributed by atoms with E-state index in [1.165, 1.54) is 14.2 Å². The van der Waals surface area contributed by atoms with Crippen LogP contribution in [0, 0.1) is 0 Å². The molecule has 0 aromatic heterocycles. The van der Waals surface area contributed by atoms with Crippen LogP contribution in [0.4, 0.5) is 17.1 Å². The van der Waals surface area contributed by atoms with Crippen LogP contribution in [-0.4, -0.2) is 31.9 Å². The third-order valence-electron chi connectivity index (χ3n) is 5.72. The Bertz CT molecular complexity index is 1370. The van der Waals surface area contributed by atoms with Crippen LogP contribution in [0.25, 0.3) is 0 Å². The summed E-state index contributed by atoms with van der Waals surface area (Å²) in [6.45, 7) is 2.02. The van der Waals surface area contributed by atoms with Gasteiger partial charge in [0.2, 0.25) is 0 Å². The summed E-state index contributed by atoms with van der Waals surface area (Å²) in [5.74, 6) is -0.787. The fourth-order valence-corrected chi connectivity index (χ4v) is 4.01. The lowest BCUT2D eigenvalue weighted by atomic mass is 10.1. The number of hydrogen-bond donors (Lipinski definition) is 2. The second-order valence-corrected chi connectivity index (χ2v) is 8.22. The van der Waals surface area contributed by atoms with Gasteiger partial charge in [-0.3, -0.25) is 14.4 Å². The monoisotopic (exact) mass is 505 g/mol. The van der Waals surface area contributed by atoms with Crippen LogP contribution in [0.15, 0.2) is 77.5 Å². The minimum Gasteiger partial charge on any atom is -0.497 e. The van der Waals surface area contributed by atoms with Gasteiger partial charge in [-0.25, -0.2) is 4.90 Å². The van der Waals surface area contributed by atoms with E-state index in [1.807, 2.05) is 31.2 Å². The van der Waals surface area contributed by atoms with E-state index in [1.54, 1.807) is 42.5 Å². The molecule has 36 heavy (non-hydrogen) atoms. The molecule has 0 spiro atoms. The fraction of sp³-hybridized carbons (Fsp3) is 0.148. The smallest absolute Gasteiger partial charge is 0.283 e. The van der Waals surface area contributed by atoms with Crippen molar-refractivity contribution >= 4 is 46.4 Å². The molecule has 4 rings (SSSR count). The molecule has 0 radical (unpaired) electrons. The van der Waals surface area contributed by atoms with E-state index < -0.39 is 11.8 Å². The number of nitrogens with one attached hydrogen (secondary N) is 2. The molecule has 3 aromatic carbocycles. The van der Waals surface area contributed by atoms with Gasteiger partial charge in [0.1, 0.15) is 22.2 Å². The first-order chi connectivity index (χ1) is 17.4. The molecule has 0 aliphatic carbocycles. The first kappa shape index (κ1) is 24.8. The van der Waals surface area contributed by atoms with Gasteiger partial charge in [0.15, 0.2) is 0 Å². The van der Waals surface area contributed by atoms with E-state index in [9.17, 15) is 14.4 Å². The largest absolute Gasteiger partial charge is 0.497 e. The number of imide groups is 1. The van der Waals surface area contributed by atoms with E-state index in [-0.39, 0.29) is 28.1 Å². The molecule has 3 amide bonds. The highest BCUT2D eigenvalue weighted by Gasteiger charge is 2.40. The van der Waals surface area contributed by atoms with Gasteiger partial charge in [-0.2, -0.15) is 0 Å². The maximum Gasteiger partial charge on any atom is 0.283 e. The van der Waals surface area contributed by atoms with Crippen LogP contribution >= 0.6 is 11.6 Å². The summed E-state index contributed by atoms with van der Waals surface area (Å²) >= 11 is 6.25. The molecule has 9 heteroatoms. The Hall–Kier alpha value is -4.30. The van der Waals surface area contributed by atoms with E-state index in [0.717, 1.165) is 22.6 Å². The molecule has 0 unspecified atom stereocenters. The summed E-state index contributed by atoms with van der Waals surface area (Å²) in [5, 5.41) is 5.57. The summed E-state index contributed by atoms with van der Waals surface area (Å²) in [6.07, 6.45) is 0.793. The van der Waals surface area contributed by atoms with Gasteiger partial charge in [-0.15, -0.1) is 0 Å². The van der Waals surface area contributed by atoms with Crippen LogP contribution in [0.1, 0.15) is 22.8 Å². The van der Waals surface area contributed by atoms with Crippen molar-refractivity contribution in [3.63, 3.8) is 0 Å². The third-order valence-corrected chi connectivity index (χ3v) is 6.07. The second-order valence-electron chi connectivity index (χ2n) is 7.84. The molecule has 0 bridgehead atoms. The number of benzene rings is 3. The van der Waals surface area contributed by atoms with Crippen LogP contribution in [0.2, 0.25) is 0 Å². The van der Waals surface area contributed by atoms with Gasteiger partial charge >= 0.3 is 0 Å². The van der Waals surface area contributed by atoms with E-state index in [2.05, 4.69) is 10.6 Å². The zero-order valence-corrected chi connectivity index (χ0v) is 20.7. The van der Waals surface area contributed by atoms with E-state index in [0.29, 0.717) is 17.0 Å². The summed E-state index contributed by atoms with van der Waals surface area (Å²) in [5.41, 5.74) is 2.88.